The molecule has 1 amide bonds. The van der Waals surface area contributed by atoms with Gasteiger partial charge in [0.15, 0.2) is 0 Å². The van der Waals surface area contributed by atoms with Gasteiger partial charge in [-0.3, -0.25) is 9.69 Å². The minimum absolute atomic E-state index is 0.101. The lowest BCUT2D eigenvalue weighted by Gasteiger charge is -2.37. The fourth-order valence-electron chi connectivity index (χ4n) is 3.32. The molecule has 6 nitrogen and oxygen atoms in total. The Balaban J connectivity index is 1.57. The van der Waals surface area contributed by atoms with Crippen LogP contribution in [0.2, 0.25) is 0 Å². The van der Waals surface area contributed by atoms with Crippen LogP contribution in [0.4, 0.5) is 0 Å². The van der Waals surface area contributed by atoms with Gasteiger partial charge in [0, 0.05) is 43.6 Å². The van der Waals surface area contributed by atoms with E-state index in [2.05, 4.69) is 23.3 Å². The Morgan fingerprint density at radius 1 is 1.26 bits per heavy atom. The summed E-state index contributed by atoms with van der Waals surface area (Å²) >= 11 is 1.80. The molecule has 1 aromatic rings. The Morgan fingerprint density at radius 2 is 1.96 bits per heavy atom. The van der Waals surface area contributed by atoms with Crippen molar-refractivity contribution in [1.29, 1.82) is 0 Å². The molecule has 0 saturated carbocycles. The molecule has 1 unspecified atom stereocenters. The molecule has 8 heteroatoms. The van der Waals surface area contributed by atoms with Crippen LogP contribution in [0.15, 0.2) is 11.4 Å². The summed E-state index contributed by atoms with van der Waals surface area (Å²) < 4.78 is 24.5. The molecule has 3 heterocycles. The average Bonchev–Trinajstić information content (AvgIpc) is 2.98. The van der Waals surface area contributed by atoms with Crippen molar-refractivity contribution in [2.45, 2.75) is 19.4 Å². The third-order valence-corrected chi connectivity index (χ3v) is 7.10. The summed E-state index contributed by atoms with van der Waals surface area (Å²) in [5, 5.41) is 2.12. The molecule has 0 N–H and O–H groups in total. The third-order valence-electron chi connectivity index (χ3n) is 4.80. The zero-order valence-corrected chi connectivity index (χ0v) is 15.2. The molecular weight excluding hydrogens is 334 g/mol. The highest BCUT2D eigenvalue weighted by molar-refractivity contribution is 7.88. The van der Waals surface area contributed by atoms with Crippen molar-refractivity contribution in [2.24, 2.45) is 0 Å². The number of sulfonamides is 1. The molecule has 128 valence electrons. The molecule has 0 aromatic carbocycles. The third kappa shape index (κ3) is 3.60. The number of carbonyl (C=O) groups excluding carboxylic acids is 1. The van der Waals surface area contributed by atoms with Crippen LogP contribution in [-0.4, -0.2) is 74.0 Å². The van der Waals surface area contributed by atoms with Crippen LogP contribution in [0, 0.1) is 0 Å². The van der Waals surface area contributed by atoms with Crippen molar-refractivity contribution >= 4 is 27.3 Å². The molecular formula is C15H23N3O3S2. The van der Waals surface area contributed by atoms with Gasteiger partial charge in [0.1, 0.15) is 0 Å². The topological polar surface area (TPSA) is 60.9 Å². The highest BCUT2D eigenvalue weighted by atomic mass is 32.2. The minimum Gasteiger partial charge on any atom is -0.339 e. The van der Waals surface area contributed by atoms with Crippen LogP contribution in [0.5, 0.6) is 0 Å². The number of nitrogens with zero attached hydrogens (tertiary/aromatic N) is 3. The largest absolute Gasteiger partial charge is 0.339 e. The maximum absolute atomic E-state index is 12.5. The van der Waals surface area contributed by atoms with Crippen molar-refractivity contribution in [3.05, 3.63) is 21.9 Å². The van der Waals surface area contributed by atoms with E-state index in [0.29, 0.717) is 32.7 Å². The second-order valence-electron chi connectivity index (χ2n) is 6.24. The van der Waals surface area contributed by atoms with Crippen molar-refractivity contribution in [1.82, 2.24) is 14.1 Å². The molecule has 0 aliphatic carbocycles. The van der Waals surface area contributed by atoms with Gasteiger partial charge in [-0.25, -0.2) is 8.42 Å². The first-order valence-corrected chi connectivity index (χ1v) is 10.6. The number of rotatable bonds is 3. The van der Waals surface area contributed by atoms with Gasteiger partial charge in [0.25, 0.3) is 0 Å². The summed E-state index contributed by atoms with van der Waals surface area (Å²) in [6.45, 7) is 5.23. The lowest BCUT2D eigenvalue weighted by Crippen LogP contribution is -2.52. The second-order valence-corrected chi connectivity index (χ2v) is 9.22. The lowest BCUT2D eigenvalue weighted by molar-refractivity contribution is -0.134. The standard InChI is InChI=1S/C15H23N3O3S2/c1-12-13-4-10-22-14(13)3-5-17(12)11-15(19)16-6-8-18(9-7-16)23(2,20)21/h4,10,12H,3,5-9,11H2,1-2H3. The maximum atomic E-state index is 12.5. The molecule has 2 aliphatic rings. The number of hydrogen-bond donors (Lipinski definition) is 0. The molecule has 2 aliphatic heterocycles. The molecule has 0 spiro atoms. The van der Waals surface area contributed by atoms with Crippen LogP contribution < -0.4 is 0 Å². The molecule has 23 heavy (non-hydrogen) atoms. The van der Waals surface area contributed by atoms with Crippen molar-refractivity contribution in [3.63, 3.8) is 0 Å². The highest BCUT2D eigenvalue weighted by Gasteiger charge is 2.30. The van der Waals surface area contributed by atoms with Gasteiger partial charge in [-0.05, 0) is 30.4 Å². The highest BCUT2D eigenvalue weighted by Crippen LogP contribution is 2.32. The van der Waals surface area contributed by atoms with Crippen LogP contribution in [-0.2, 0) is 21.2 Å². The van der Waals surface area contributed by atoms with E-state index >= 15 is 0 Å². The lowest BCUT2D eigenvalue weighted by atomic mass is 10.0. The van der Waals surface area contributed by atoms with Gasteiger partial charge in [-0.15, -0.1) is 11.3 Å². The monoisotopic (exact) mass is 357 g/mol. The molecule has 1 aromatic heterocycles. The minimum atomic E-state index is -3.15. The van der Waals surface area contributed by atoms with Crippen LogP contribution in [0.1, 0.15) is 23.4 Å². The zero-order valence-electron chi connectivity index (χ0n) is 13.6. The maximum Gasteiger partial charge on any atom is 0.236 e. The Kier molecular flexibility index (Phi) is 4.78. The van der Waals surface area contributed by atoms with E-state index < -0.39 is 10.0 Å². The van der Waals surface area contributed by atoms with Gasteiger partial charge in [0.2, 0.25) is 15.9 Å². The summed E-state index contributed by atoms with van der Waals surface area (Å²) in [6, 6.07) is 2.43. The van der Waals surface area contributed by atoms with Gasteiger partial charge in [-0.2, -0.15) is 4.31 Å². The first-order chi connectivity index (χ1) is 10.9. The Morgan fingerprint density at radius 3 is 2.61 bits per heavy atom. The summed E-state index contributed by atoms with van der Waals surface area (Å²) in [4.78, 5) is 18.0. The fraction of sp³-hybridized carbons (Fsp3) is 0.667. The van der Waals surface area contributed by atoms with Crippen molar-refractivity contribution in [3.8, 4) is 0 Å². The van der Waals surface area contributed by atoms with E-state index in [1.807, 2.05) is 0 Å². The smallest absolute Gasteiger partial charge is 0.236 e. The van der Waals surface area contributed by atoms with Gasteiger partial charge in [-0.1, -0.05) is 0 Å². The Hall–Kier alpha value is -0.960. The summed E-state index contributed by atoms with van der Waals surface area (Å²) in [5.41, 5.74) is 1.34. The summed E-state index contributed by atoms with van der Waals surface area (Å²) in [5.74, 6) is 0.101. The van der Waals surface area contributed by atoms with Crippen molar-refractivity contribution < 1.29 is 13.2 Å². The molecule has 1 fully saturated rings. The average molecular weight is 358 g/mol. The number of fused-ring (bicyclic) bond motifs is 1. The summed E-state index contributed by atoms with van der Waals surface area (Å²) in [6.07, 6.45) is 2.23. The molecule has 1 saturated heterocycles. The Bertz CT molecular complexity index is 678. The molecule has 0 radical (unpaired) electrons. The number of thiophene rings is 1. The summed E-state index contributed by atoms with van der Waals surface area (Å²) in [7, 11) is -3.15. The molecule has 1 atom stereocenters. The number of hydrogen-bond acceptors (Lipinski definition) is 5. The molecule has 3 rings (SSSR count). The van der Waals surface area contributed by atoms with Gasteiger partial charge < -0.3 is 4.90 Å². The normalized spacial score (nSPS) is 23.7. The Labute approximate surface area is 141 Å². The fourth-order valence-corrected chi connectivity index (χ4v) is 5.11. The van der Waals surface area contributed by atoms with E-state index in [0.717, 1.165) is 13.0 Å². The second kappa shape index (κ2) is 6.51. The SMILES string of the molecule is CC1c2ccsc2CCN1CC(=O)N1CCN(S(C)(=O)=O)CC1. The van der Waals surface area contributed by atoms with E-state index in [1.54, 1.807) is 16.2 Å². The number of amides is 1. The molecule has 0 bridgehead atoms. The predicted octanol–water partition coefficient (Wildman–Crippen LogP) is 0.771. The number of carbonyl (C=O) groups is 1. The quantitative estimate of drug-likeness (QED) is 0.802. The predicted molar refractivity (Wildman–Crippen MR) is 91.0 cm³/mol. The first kappa shape index (κ1) is 16.9. The van der Waals surface area contributed by atoms with Crippen LogP contribution >= 0.6 is 11.3 Å². The van der Waals surface area contributed by atoms with Crippen molar-refractivity contribution in [2.75, 3.05) is 45.5 Å². The zero-order chi connectivity index (χ0) is 16.6. The van der Waals surface area contributed by atoms with Gasteiger partial charge >= 0.3 is 0 Å². The van der Waals surface area contributed by atoms with E-state index in [-0.39, 0.29) is 11.9 Å². The van der Waals surface area contributed by atoms with Gasteiger partial charge in [0.05, 0.1) is 12.8 Å². The first-order valence-electron chi connectivity index (χ1n) is 7.89. The van der Waals surface area contributed by atoms with E-state index in [1.165, 1.54) is 21.0 Å². The van der Waals surface area contributed by atoms with E-state index in [9.17, 15) is 13.2 Å². The van der Waals surface area contributed by atoms with Crippen LogP contribution in [0.3, 0.4) is 0 Å². The van der Waals surface area contributed by atoms with Crippen LogP contribution in [0.25, 0.3) is 0 Å². The van der Waals surface area contributed by atoms with E-state index in [4.69, 9.17) is 0 Å². The number of piperazine rings is 1.